The molecule has 17 heavy (non-hydrogen) atoms. The van der Waals surface area contributed by atoms with Crippen molar-refractivity contribution in [3.8, 4) is 0 Å². The summed E-state index contributed by atoms with van der Waals surface area (Å²) in [7, 11) is 0. The predicted octanol–water partition coefficient (Wildman–Crippen LogP) is 2.23. The Bertz CT molecular complexity index is 392. The summed E-state index contributed by atoms with van der Waals surface area (Å²) in [6.07, 6.45) is 0. The summed E-state index contributed by atoms with van der Waals surface area (Å²) in [5.74, 6) is -0.820. The minimum atomic E-state index is -0.427. The van der Waals surface area contributed by atoms with E-state index in [9.17, 15) is 8.78 Å². The first-order valence-electron chi connectivity index (χ1n) is 5.78. The molecule has 1 saturated heterocycles. The zero-order chi connectivity index (χ0) is 12.3. The first-order chi connectivity index (χ1) is 8.22. The Morgan fingerprint density at radius 1 is 1.29 bits per heavy atom. The van der Waals surface area contributed by atoms with Gasteiger partial charge in [0, 0.05) is 31.8 Å². The lowest BCUT2D eigenvalue weighted by Gasteiger charge is -2.29. The number of ether oxygens (including phenoxy) is 1. The lowest BCUT2D eigenvalue weighted by molar-refractivity contribution is 0.122. The zero-order valence-corrected chi connectivity index (χ0v) is 9.80. The average molecular weight is 242 g/mol. The van der Waals surface area contributed by atoms with Crippen molar-refractivity contribution >= 4 is 11.4 Å². The molecule has 94 valence electrons. The summed E-state index contributed by atoms with van der Waals surface area (Å²) in [5.41, 5.74) is 0.526. The van der Waals surface area contributed by atoms with Crippen LogP contribution in [0.3, 0.4) is 0 Å². The Hall–Kier alpha value is -1.36. The maximum absolute atomic E-state index is 14.1. The highest BCUT2D eigenvalue weighted by molar-refractivity contribution is 5.60. The van der Waals surface area contributed by atoms with Crippen LogP contribution in [0.2, 0.25) is 0 Å². The van der Waals surface area contributed by atoms with E-state index >= 15 is 0 Å². The van der Waals surface area contributed by atoms with Gasteiger partial charge in [0.25, 0.3) is 0 Å². The van der Waals surface area contributed by atoms with Crippen LogP contribution in [-0.2, 0) is 4.74 Å². The van der Waals surface area contributed by atoms with Crippen molar-refractivity contribution in [1.82, 2.24) is 0 Å². The summed E-state index contributed by atoms with van der Waals surface area (Å²) >= 11 is 0. The molecule has 1 aromatic carbocycles. The van der Waals surface area contributed by atoms with Gasteiger partial charge in [0.2, 0.25) is 0 Å². The van der Waals surface area contributed by atoms with Gasteiger partial charge in [-0.1, -0.05) is 0 Å². The van der Waals surface area contributed by atoms with Gasteiger partial charge < -0.3 is 15.0 Å². The molecule has 1 aliphatic heterocycles. The Morgan fingerprint density at radius 3 is 2.65 bits per heavy atom. The second kappa shape index (κ2) is 5.31. The van der Waals surface area contributed by atoms with Gasteiger partial charge in [-0.2, -0.15) is 0 Å². The van der Waals surface area contributed by atoms with E-state index < -0.39 is 11.6 Å². The molecule has 0 bridgehead atoms. The fourth-order valence-corrected chi connectivity index (χ4v) is 1.93. The molecule has 0 radical (unpaired) electrons. The Kier molecular flexibility index (Phi) is 3.78. The van der Waals surface area contributed by atoms with Gasteiger partial charge >= 0.3 is 0 Å². The lowest BCUT2D eigenvalue weighted by atomic mass is 10.2. The van der Waals surface area contributed by atoms with E-state index in [4.69, 9.17) is 4.74 Å². The number of benzene rings is 1. The van der Waals surface area contributed by atoms with E-state index in [2.05, 4.69) is 5.32 Å². The maximum atomic E-state index is 14.1. The van der Waals surface area contributed by atoms with Crippen molar-refractivity contribution in [2.45, 2.75) is 6.92 Å². The summed E-state index contributed by atoms with van der Waals surface area (Å²) in [6.45, 7) is 4.68. The van der Waals surface area contributed by atoms with Gasteiger partial charge in [-0.3, -0.25) is 0 Å². The third-order valence-corrected chi connectivity index (χ3v) is 2.74. The van der Waals surface area contributed by atoms with Gasteiger partial charge in [-0.25, -0.2) is 8.78 Å². The minimum absolute atomic E-state index is 0.217. The molecule has 3 nitrogen and oxygen atoms in total. The smallest absolute Gasteiger partial charge is 0.169 e. The Labute approximate surface area is 99.4 Å². The number of nitrogens with zero attached hydrogens (tertiary/aromatic N) is 1. The quantitative estimate of drug-likeness (QED) is 0.879. The van der Waals surface area contributed by atoms with E-state index in [-0.39, 0.29) is 5.69 Å². The largest absolute Gasteiger partial charge is 0.383 e. The molecule has 0 aliphatic carbocycles. The fourth-order valence-electron chi connectivity index (χ4n) is 1.93. The van der Waals surface area contributed by atoms with Crippen LogP contribution in [0.5, 0.6) is 0 Å². The maximum Gasteiger partial charge on any atom is 0.169 e. The molecule has 0 amide bonds. The van der Waals surface area contributed by atoms with Crippen LogP contribution < -0.4 is 10.2 Å². The molecule has 5 heteroatoms. The number of anilines is 2. The molecular weight excluding hydrogens is 226 g/mol. The molecule has 1 aliphatic rings. The molecule has 0 aromatic heterocycles. The molecule has 1 heterocycles. The second-order valence-corrected chi connectivity index (χ2v) is 3.92. The average Bonchev–Trinajstić information content (AvgIpc) is 2.35. The van der Waals surface area contributed by atoms with Crippen molar-refractivity contribution in [1.29, 1.82) is 0 Å². The topological polar surface area (TPSA) is 24.5 Å². The summed E-state index contributed by atoms with van der Waals surface area (Å²) < 4.78 is 32.7. The van der Waals surface area contributed by atoms with Crippen LogP contribution >= 0.6 is 0 Å². The number of hydrogen-bond acceptors (Lipinski definition) is 3. The molecule has 0 spiro atoms. The highest BCUT2D eigenvalue weighted by Gasteiger charge is 2.18. The van der Waals surface area contributed by atoms with Crippen LogP contribution in [0, 0.1) is 11.6 Å². The van der Waals surface area contributed by atoms with E-state index in [0.29, 0.717) is 38.5 Å². The Balaban J connectivity index is 2.31. The van der Waals surface area contributed by atoms with E-state index in [1.54, 1.807) is 0 Å². The molecule has 1 fully saturated rings. The van der Waals surface area contributed by atoms with Gasteiger partial charge in [-0.05, 0) is 6.92 Å². The van der Waals surface area contributed by atoms with Crippen molar-refractivity contribution in [3.05, 3.63) is 23.8 Å². The predicted molar refractivity (Wildman–Crippen MR) is 63.6 cm³/mol. The van der Waals surface area contributed by atoms with Crippen LogP contribution in [0.25, 0.3) is 0 Å². The van der Waals surface area contributed by atoms with Gasteiger partial charge in [-0.15, -0.1) is 0 Å². The van der Waals surface area contributed by atoms with Crippen molar-refractivity contribution in [2.75, 3.05) is 43.1 Å². The number of nitrogens with one attached hydrogen (secondary N) is 1. The van der Waals surface area contributed by atoms with Crippen LogP contribution in [0.15, 0.2) is 12.1 Å². The minimum Gasteiger partial charge on any atom is -0.383 e. The molecule has 1 aromatic rings. The van der Waals surface area contributed by atoms with Gasteiger partial charge in [0.1, 0.15) is 5.82 Å². The summed E-state index contributed by atoms with van der Waals surface area (Å²) in [5, 5.41) is 2.82. The Morgan fingerprint density at radius 2 is 2.00 bits per heavy atom. The number of hydrogen-bond donors (Lipinski definition) is 1. The monoisotopic (exact) mass is 242 g/mol. The molecule has 0 unspecified atom stereocenters. The lowest BCUT2D eigenvalue weighted by Crippen LogP contribution is -2.36. The third-order valence-electron chi connectivity index (χ3n) is 2.74. The SMILES string of the molecule is CCNc1cc(F)cc(N2CCOCC2)c1F. The summed E-state index contributed by atoms with van der Waals surface area (Å²) in [6, 6.07) is 2.42. The van der Waals surface area contributed by atoms with Crippen LogP contribution in [-0.4, -0.2) is 32.8 Å². The van der Waals surface area contributed by atoms with Crippen molar-refractivity contribution in [2.24, 2.45) is 0 Å². The molecule has 1 N–H and O–H groups in total. The first-order valence-corrected chi connectivity index (χ1v) is 5.78. The van der Waals surface area contributed by atoms with Crippen LogP contribution in [0.4, 0.5) is 20.2 Å². The number of halogens is 2. The molecule has 2 rings (SSSR count). The normalized spacial score (nSPS) is 16.1. The first kappa shape index (κ1) is 12.1. The van der Waals surface area contributed by atoms with Gasteiger partial charge in [0.15, 0.2) is 5.82 Å². The fraction of sp³-hybridized carbons (Fsp3) is 0.500. The highest BCUT2D eigenvalue weighted by Crippen LogP contribution is 2.28. The molecular formula is C12H16F2N2O. The van der Waals surface area contributed by atoms with Crippen molar-refractivity contribution in [3.63, 3.8) is 0 Å². The van der Waals surface area contributed by atoms with E-state index in [1.807, 2.05) is 11.8 Å². The molecule has 0 atom stereocenters. The zero-order valence-electron chi connectivity index (χ0n) is 9.80. The number of rotatable bonds is 3. The van der Waals surface area contributed by atoms with E-state index in [1.165, 1.54) is 12.1 Å². The summed E-state index contributed by atoms with van der Waals surface area (Å²) in [4.78, 5) is 1.81. The van der Waals surface area contributed by atoms with E-state index in [0.717, 1.165) is 0 Å². The molecule has 0 saturated carbocycles. The van der Waals surface area contributed by atoms with Crippen molar-refractivity contribution < 1.29 is 13.5 Å². The van der Waals surface area contributed by atoms with Gasteiger partial charge in [0.05, 0.1) is 24.6 Å². The van der Waals surface area contributed by atoms with Crippen LogP contribution in [0.1, 0.15) is 6.92 Å². The highest BCUT2D eigenvalue weighted by atomic mass is 19.1. The standard InChI is InChI=1S/C12H16F2N2O/c1-2-15-10-7-9(13)8-11(12(10)14)16-3-5-17-6-4-16/h7-8,15H,2-6H2,1H3. The second-order valence-electron chi connectivity index (χ2n) is 3.92. The number of morpholine rings is 1. The third kappa shape index (κ3) is 2.66.